The molecule has 0 aromatic heterocycles. The highest BCUT2D eigenvalue weighted by atomic mass is 35.5. The van der Waals surface area contributed by atoms with Crippen LogP contribution in [0, 0.1) is 0 Å². The van der Waals surface area contributed by atoms with Crippen LogP contribution in [0.3, 0.4) is 0 Å². The van der Waals surface area contributed by atoms with Gasteiger partial charge in [0.15, 0.2) is 11.5 Å². The van der Waals surface area contributed by atoms with Crippen LogP contribution in [0.1, 0.15) is 29.3 Å². The largest absolute Gasteiger partial charge is 0.493 e. The molecule has 25 heavy (non-hydrogen) atoms. The molecule has 1 aliphatic rings. The number of fused-ring (bicyclic) bond motifs is 1. The molecule has 2 aromatic rings. The van der Waals surface area contributed by atoms with Crippen molar-refractivity contribution in [3.05, 3.63) is 47.5 Å². The van der Waals surface area contributed by atoms with Gasteiger partial charge in [0.05, 0.1) is 13.7 Å². The Bertz CT molecular complexity index is 764. The summed E-state index contributed by atoms with van der Waals surface area (Å²) >= 11 is 0. The number of rotatable bonds is 4. The fourth-order valence-corrected chi connectivity index (χ4v) is 3.09. The smallest absolute Gasteiger partial charge is 0.258 e. The normalized spacial score (nSPS) is 12.8. The number of carbonyl (C=O) groups excluding carboxylic acids is 1. The van der Waals surface area contributed by atoms with Crippen LogP contribution in [0.25, 0.3) is 0 Å². The predicted octanol–water partition coefficient (Wildman–Crippen LogP) is 3.69. The van der Waals surface area contributed by atoms with E-state index in [2.05, 4.69) is 0 Å². The van der Waals surface area contributed by atoms with Crippen LogP contribution in [0.5, 0.6) is 11.5 Å². The van der Waals surface area contributed by atoms with Crippen LogP contribution in [-0.4, -0.2) is 26.2 Å². The second kappa shape index (κ2) is 8.12. The van der Waals surface area contributed by atoms with Gasteiger partial charge in [-0.05, 0) is 55.7 Å². The summed E-state index contributed by atoms with van der Waals surface area (Å²) in [4.78, 5) is 14.8. The van der Waals surface area contributed by atoms with Gasteiger partial charge < -0.3 is 20.1 Å². The van der Waals surface area contributed by atoms with Crippen LogP contribution in [-0.2, 0) is 6.42 Å². The van der Waals surface area contributed by atoms with Gasteiger partial charge in [-0.3, -0.25) is 4.79 Å². The molecule has 1 aliphatic heterocycles. The number of amides is 1. The minimum Gasteiger partial charge on any atom is -0.493 e. The first-order valence-electron chi connectivity index (χ1n) is 8.15. The fourth-order valence-electron chi connectivity index (χ4n) is 3.09. The van der Waals surface area contributed by atoms with Crippen molar-refractivity contribution in [2.45, 2.75) is 19.8 Å². The van der Waals surface area contributed by atoms with Gasteiger partial charge in [-0.25, -0.2) is 0 Å². The Morgan fingerprint density at radius 3 is 2.76 bits per heavy atom. The summed E-state index contributed by atoms with van der Waals surface area (Å²) < 4.78 is 10.9. The molecule has 0 saturated heterocycles. The Balaban J connectivity index is 0.00000225. The average molecular weight is 363 g/mol. The molecule has 6 heteroatoms. The molecular weight excluding hydrogens is 340 g/mol. The van der Waals surface area contributed by atoms with E-state index in [9.17, 15) is 4.79 Å². The van der Waals surface area contributed by atoms with Crippen molar-refractivity contribution in [1.29, 1.82) is 0 Å². The number of carbonyl (C=O) groups is 1. The lowest BCUT2D eigenvalue weighted by molar-refractivity contribution is 0.0984. The number of nitrogen functional groups attached to an aromatic ring is 1. The lowest BCUT2D eigenvalue weighted by atomic mass is 9.99. The van der Waals surface area contributed by atoms with Gasteiger partial charge in [0, 0.05) is 23.5 Å². The first kappa shape index (κ1) is 18.9. The van der Waals surface area contributed by atoms with Gasteiger partial charge in [-0.15, -0.1) is 12.4 Å². The van der Waals surface area contributed by atoms with Gasteiger partial charge in [-0.2, -0.15) is 0 Å². The van der Waals surface area contributed by atoms with E-state index in [0.29, 0.717) is 30.2 Å². The fraction of sp³-hybridized carbons (Fsp3) is 0.316. The topological polar surface area (TPSA) is 64.8 Å². The number of anilines is 2. The van der Waals surface area contributed by atoms with Gasteiger partial charge in [0.2, 0.25) is 0 Å². The maximum atomic E-state index is 13.0. The van der Waals surface area contributed by atoms with Crippen molar-refractivity contribution in [3.8, 4) is 11.5 Å². The van der Waals surface area contributed by atoms with Crippen molar-refractivity contribution in [1.82, 2.24) is 0 Å². The molecule has 0 unspecified atom stereocenters. The van der Waals surface area contributed by atoms with Crippen molar-refractivity contribution in [2.24, 2.45) is 0 Å². The molecule has 0 bridgehead atoms. The standard InChI is InChI=1S/C19H22N2O3.ClH/c1-3-24-17-10-9-13(12-18(17)23-2)19(22)21-11-5-6-14-15(20)7-4-8-16(14)21;/h4,7-10,12H,3,5-6,11,20H2,1-2H3;1H. The zero-order valence-corrected chi connectivity index (χ0v) is 15.3. The minimum absolute atomic E-state index is 0. The third-order valence-electron chi connectivity index (χ3n) is 4.24. The number of methoxy groups -OCH3 is 1. The van der Waals surface area contributed by atoms with E-state index < -0.39 is 0 Å². The predicted molar refractivity (Wildman–Crippen MR) is 102 cm³/mol. The van der Waals surface area contributed by atoms with E-state index in [1.807, 2.05) is 25.1 Å². The third kappa shape index (κ3) is 3.66. The second-order valence-corrected chi connectivity index (χ2v) is 5.70. The summed E-state index contributed by atoms with van der Waals surface area (Å²) in [6.45, 7) is 3.14. The Kier molecular flexibility index (Phi) is 6.15. The third-order valence-corrected chi connectivity index (χ3v) is 4.24. The van der Waals surface area contributed by atoms with Crippen LogP contribution in [0.4, 0.5) is 11.4 Å². The number of nitrogens with two attached hydrogens (primary N) is 1. The lowest BCUT2D eigenvalue weighted by Crippen LogP contribution is -2.35. The Labute approximate surface area is 154 Å². The minimum atomic E-state index is -0.0529. The quantitative estimate of drug-likeness (QED) is 0.842. The number of ether oxygens (including phenoxy) is 2. The highest BCUT2D eigenvalue weighted by Crippen LogP contribution is 2.34. The molecule has 1 amide bonds. The maximum absolute atomic E-state index is 13.0. The van der Waals surface area contributed by atoms with Gasteiger partial charge in [-0.1, -0.05) is 6.07 Å². The SMILES string of the molecule is CCOc1ccc(C(=O)N2CCCc3c(N)cccc32)cc1OC.Cl. The zero-order chi connectivity index (χ0) is 17.1. The average Bonchev–Trinajstić information content (AvgIpc) is 2.61. The Morgan fingerprint density at radius 1 is 1.24 bits per heavy atom. The molecule has 0 radical (unpaired) electrons. The number of nitrogens with zero attached hydrogens (tertiary/aromatic N) is 1. The molecule has 2 N–H and O–H groups in total. The van der Waals surface area contributed by atoms with Crippen LogP contribution < -0.4 is 20.1 Å². The van der Waals surface area contributed by atoms with Crippen molar-refractivity contribution in [2.75, 3.05) is 30.9 Å². The van der Waals surface area contributed by atoms with E-state index in [1.165, 1.54) is 0 Å². The molecule has 3 rings (SSSR count). The number of hydrogen-bond donors (Lipinski definition) is 1. The molecule has 134 valence electrons. The van der Waals surface area contributed by atoms with E-state index in [4.69, 9.17) is 15.2 Å². The first-order valence-corrected chi connectivity index (χ1v) is 8.15. The number of benzene rings is 2. The summed E-state index contributed by atoms with van der Waals surface area (Å²) in [5, 5.41) is 0. The van der Waals surface area contributed by atoms with E-state index in [-0.39, 0.29) is 18.3 Å². The van der Waals surface area contributed by atoms with E-state index in [1.54, 1.807) is 30.2 Å². The summed E-state index contributed by atoms with van der Waals surface area (Å²) in [6.07, 6.45) is 1.81. The van der Waals surface area contributed by atoms with Crippen LogP contribution in [0.15, 0.2) is 36.4 Å². The molecule has 1 heterocycles. The molecule has 0 saturated carbocycles. The first-order chi connectivity index (χ1) is 11.7. The maximum Gasteiger partial charge on any atom is 0.258 e. The van der Waals surface area contributed by atoms with E-state index >= 15 is 0 Å². The van der Waals surface area contributed by atoms with Crippen molar-refractivity contribution < 1.29 is 14.3 Å². The summed E-state index contributed by atoms with van der Waals surface area (Å²) in [6, 6.07) is 11.0. The molecule has 5 nitrogen and oxygen atoms in total. The summed E-state index contributed by atoms with van der Waals surface area (Å²) in [5.74, 6) is 1.15. The zero-order valence-electron chi connectivity index (χ0n) is 14.5. The summed E-state index contributed by atoms with van der Waals surface area (Å²) in [5.41, 5.74) is 9.34. The van der Waals surface area contributed by atoms with Crippen molar-refractivity contribution in [3.63, 3.8) is 0 Å². The number of hydrogen-bond acceptors (Lipinski definition) is 4. The molecule has 0 atom stereocenters. The van der Waals surface area contributed by atoms with E-state index in [0.717, 1.165) is 29.8 Å². The van der Waals surface area contributed by atoms with Gasteiger partial charge >= 0.3 is 0 Å². The summed E-state index contributed by atoms with van der Waals surface area (Å²) in [7, 11) is 1.57. The van der Waals surface area contributed by atoms with Crippen LogP contribution in [0.2, 0.25) is 0 Å². The van der Waals surface area contributed by atoms with Gasteiger partial charge in [0.1, 0.15) is 0 Å². The second-order valence-electron chi connectivity index (χ2n) is 5.70. The Morgan fingerprint density at radius 2 is 2.04 bits per heavy atom. The Hall–Kier alpha value is -2.40. The molecule has 0 fully saturated rings. The number of halogens is 1. The van der Waals surface area contributed by atoms with Crippen LogP contribution >= 0.6 is 12.4 Å². The highest BCUT2D eigenvalue weighted by molar-refractivity contribution is 6.07. The monoisotopic (exact) mass is 362 g/mol. The molecule has 2 aromatic carbocycles. The molecular formula is C19H23ClN2O3. The van der Waals surface area contributed by atoms with Crippen molar-refractivity contribution >= 4 is 29.7 Å². The lowest BCUT2D eigenvalue weighted by Gasteiger charge is -2.30. The highest BCUT2D eigenvalue weighted by Gasteiger charge is 2.25. The van der Waals surface area contributed by atoms with Gasteiger partial charge in [0.25, 0.3) is 5.91 Å². The molecule has 0 spiro atoms. The molecule has 0 aliphatic carbocycles.